The van der Waals surface area contributed by atoms with Gasteiger partial charge in [0.1, 0.15) is 5.82 Å². The van der Waals surface area contributed by atoms with Gasteiger partial charge in [-0.3, -0.25) is 9.52 Å². The average molecular weight is 298 g/mol. The Morgan fingerprint density at radius 3 is 2.55 bits per heavy atom. The predicted octanol–water partition coefficient (Wildman–Crippen LogP) is 1.64. The first-order valence-electron chi connectivity index (χ1n) is 5.59. The standard InChI is InChI=1S/C13H15FN2O3S/c1-4-10-6-9(8-15-12(17)5-2)7-11(14)13(10)16-20(3,18)19/h4-7,16H,1-2,8H2,3H3,(H,15,17). The van der Waals surface area contributed by atoms with Gasteiger partial charge in [-0.15, -0.1) is 0 Å². The number of hydrogen-bond acceptors (Lipinski definition) is 3. The fraction of sp³-hybridized carbons (Fsp3) is 0.154. The van der Waals surface area contributed by atoms with Gasteiger partial charge in [-0.25, -0.2) is 12.8 Å². The molecular weight excluding hydrogens is 283 g/mol. The van der Waals surface area contributed by atoms with Crippen molar-refractivity contribution in [3.8, 4) is 0 Å². The van der Waals surface area contributed by atoms with Crippen LogP contribution in [0.4, 0.5) is 10.1 Å². The number of amides is 1. The molecule has 1 aromatic rings. The van der Waals surface area contributed by atoms with Gasteiger partial charge in [-0.2, -0.15) is 0 Å². The van der Waals surface area contributed by atoms with Crippen LogP contribution >= 0.6 is 0 Å². The molecule has 0 aliphatic heterocycles. The van der Waals surface area contributed by atoms with Gasteiger partial charge in [0.15, 0.2) is 0 Å². The molecule has 0 aromatic heterocycles. The van der Waals surface area contributed by atoms with Crippen LogP contribution in [0.15, 0.2) is 31.4 Å². The lowest BCUT2D eigenvalue weighted by atomic mass is 10.1. The molecule has 1 aromatic carbocycles. The summed E-state index contributed by atoms with van der Waals surface area (Å²) in [5.74, 6) is -1.13. The molecule has 0 unspecified atom stereocenters. The lowest BCUT2D eigenvalue weighted by molar-refractivity contribution is -0.116. The summed E-state index contributed by atoms with van der Waals surface area (Å²) in [5, 5.41) is 2.50. The first kappa shape index (κ1) is 15.9. The van der Waals surface area contributed by atoms with E-state index in [4.69, 9.17) is 0 Å². The smallest absolute Gasteiger partial charge is 0.243 e. The van der Waals surface area contributed by atoms with Crippen molar-refractivity contribution in [2.45, 2.75) is 6.54 Å². The zero-order valence-electron chi connectivity index (χ0n) is 10.9. The predicted molar refractivity (Wildman–Crippen MR) is 77.0 cm³/mol. The fourth-order valence-electron chi connectivity index (χ4n) is 1.50. The van der Waals surface area contributed by atoms with Gasteiger partial charge in [0.2, 0.25) is 15.9 Å². The average Bonchev–Trinajstić information content (AvgIpc) is 2.37. The Morgan fingerprint density at radius 2 is 2.05 bits per heavy atom. The van der Waals surface area contributed by atoms with E-state index in [0.29, 0.717) is 11.1 Å². The highest BCUT2D eigenvalue weighted by Gasteiger charge is 2.13. The third-order valence-corrected chi connectivity index (χ3v) is 2.91. The van der Waals surface area contributed by atoms with Gasteiger partial charge in [0.05, 0.1) is 11.9 Å². The van der Waals surface area contributed by atoms with E-state index in [1.54, 1.807) is 0 Å². The van der Waals surface area contributed by atoms with E-state index in [0.717, 1.165) is 18.4 Å². The van der Waals surface area contributed by atoms with Crippen LogP contribution in [0.3, 0.4) is 0 Å². The second-order valence-electron chi connectivity index (χ2n) is 4.04. The first-order valence-corrected chi connectivity index (χ1v) is 7.49. The number of halogens is 1. The summed E-state index contributed by atoms with van der Waals surface area (Å²) in [4.78, 5) is 11.0. The van der Waals surface area contributed by atoms with Gasteiger partial charge >= 0.3 is 0 Å². The number of benzene rings is 1. The maximum Gasteiger partial charge on any atom is 0.243 e. The highest BCUT2D eigenvalue weighted by Crippen LogP contribution is 2.24. The summed E-state index contributed by atoms with van der Waals surface area (Å²) in [6.07, 6.45) is 3.36. The summed E-state index contributed by atoms with van der Waals surface area (Å²) in [5.41, 5.74) is 0.603. The summed E-state index contributed by atoms with van der Waals surface area (Å²) in [6, 6.07) is 2.68. The van der Waals surface area contributed by atoms with Crippen molar-refractivity contribution in [3.63, 3.8) is 0 Å². The molecule has 0 bridgehead atoms. The minimum absolute atomic E-state index is 0.0990. The number of hydrogen-bond donors (Lipinski definition) is 2. The zero-order valence-corrected chi connectivity index (χ0v) is 11.8. The highest BCUT2D eigenvalue weighted by molar-refractivity contribution is 7.92. The quantitative estimate of drug-likeness (QED) is 0.784. The number of rotatable bonds is 6. The largest absolute Gasteiger partial charge is 0.348 e. The van der Waals surface area contributed by atoms with Crippen LogP contribution in [0.5, 0.6) is 0 Å². The van der Waals surface area contributed by atoms with E-state index in [2.05, 4.69) is 23.2 Å². The molecule has 0 spiro atoms. The zero-order chi connectivity index (χ0) is 15.3. The Morgan fingerprint density at radius 1 is 1.40 bits per heavy atom. The van der Waals surface area contributed by atoms with Crippen molar-refractivity contribution in [1.29, 1.82) is 0 Å². The van der Waals surface area contributed by atoms with Gasteiger partial charge in [-0.05, 0) is 23.8 Å². The Hall–Kier alpha value is -2.15. The van der Waals surface area contributed by atoms with E-state index in [9.17, 15) is 17.6 Å². The van der Waals surface area contributed by atoms with Crippen molar-refractivity contribution < 1.29 is 17.6 Å². The number of carbonyl (C=O) groups is 1. The molecule has 0 atom stereocenters. The van der Waals surface area contributed by atoms with Gasteiger partial charge in [-0.1, -0.05) is 19.2 Å². The molecule has 0 saturated heterocycles. The molecule has 108 valence electrons. The van der Waals surface area contributed by atoms with Crippen LogP contribution in [-0.4, -0.2) is 20.6 Å². The van der Waals surface area contributed by atoms with Crippen molar-refractivity contribution in [3.05, 3.63) is 48.3 Å². The second kappa shape index (κ2) is 6.33. The van der Waals surface area contributed by atoms with E-state index >= 15 is 0 Å². The Bertz CT molecular complexity index is 654. The Balaban J connectivity index is 3.10. The minimum atomic E-state index is -3.60. The van der Waals surface area contributed by atoms with Crippen LogP contribution in [0.2, 0.25) is 0 Å². The molecule has 0 aliphatic rings. The monoisotopic (exact) mass is 298 g/mol. The highest BCUT2D eigenvalue weighted by atomic mass is 32.2. The van der Waals surface area contributed by atoms with Crippen molar-refractivity contribution in [2.24, 2.45) is 0 Å². The third-order valence-electron chi connectivity index (χ3n) is 2.34. The molecule has 0 fully saturated rings. The first-order chi connectivity index (χ1) is 9.26. The van der Waals surface area contributed by atoms with Crippen LogP contribution in [0.1, 0.15) is 11.1 Å². The molecule has 0 heterocycles. The Labute approximate surface area is 117 Å². The maximum atomic E-state index is 13.9. The van der Waals surface area contributed by atoms with E-state index in [-0.39, 0.29) is 18.1 Å². The molecule has 0 aliphatic carbocycles. The molecule has 0 radical (unpaired) electrons. The van der Waals surface area contributed by atoms with Gasteiger partial charge in [0, 0.05) is 12.1 Å². The normalized spacial score (nSPS) is 10.7. The molecule has 5 nitrogen and oxygen atoms in total. The van der Waals surface area contributed by atoms with Crippen molar-refractivity contribution in [2.75, 3.05) is 11.0 Å². The summed E-state index contributed by atoms with van der Waals surface area (Å²) < 4.78 is 38.4. The molecular formula is C13H15FN2O3S. The summed E-state index contributed by atoms with van der Waals surface area (Å²) in [7, 11) is -3.60. The third kappa shape index (κ3) is 4.51. The molecule has 1 amide bonds. The summed E-state index contributed by atoms with van der Waals surface area (Å²) >= 11 is 0. The molecule has 1 rings (SSSR count). The summed E-state index contributed by atoms with van der Waals surface area (Å²) in [6.45, 7) is 6.91. The van der Waals surface area contributed by atoms with E-state index in [1.807, 2.05) is 0 Å². The second-order valence-corrected chi connectivity index (χ2v) is 5.79. The van der Waals surface area contributed by atoms with E-state index < -0.39 is 15.8 Å². The number of anilines is 1. The molecule has 2 N–H and O–H groups in total. The van der Waals surface area contributed by atoms with Crippen molar-refractivity contribution in [1.82, 2.24) is 5.32 Å². The van der Waals surface area contributed by atoms with Gasteiger partial charge in [0.25, 0.3) is 0 Å². The Kier molecular flexibility index (Phi) is 5.04. The minimum Gasteiger partial charge on any atom is -0.348 e. The topological polar surface area (TPSA) is 75.3 Å². The van der Waals surface area contributed by atoms with Crippen LogP contribution < -0.4 is 10.0 Å². The number of sulfonamides is 1. The maximum absolute atomic E-state index is 13.9. The lowest BCUT2D eigenvalue weighted by Crippen LogP contribution is -2.20. The molecule has 20 heavy (non-hydrogen) atoms. The van der Waals surface area contributed by atoms with Gasteiger partial charge < -0.3 is 5.32 Å². The van der Waals surface area contributed by atoms with Crippen LogP contribution in [0.25, 0.3) is 6.08 Å². The van der Waals surface area contributed by atoms with E-state index in [1.165, 1.54) is 12.1 Å². The van der Waals surface area contributed by atoms with Crippen LogP contribution in [0, 0.1) is 5.82 Å². The lowest BCUT2D eigenvalue weighted by Gasteiger charge is -2.12. The van der Waals surface area contributed by atoms with Crippen molar-refractivity contribution >= 4 is 27.7 Å². The number of carbonyl (C=O) groups excluding carboxylic acids is 1. The molecule has 7 heteroatoms. The number of nitrogens with one attached hydrogen (secondary N) is 2. The molecule has 0 saturated carbocycles. The SMILES string of the molecule is C=CC(=O)NCc1cc(F)c(NS(C)(=O)=O)c(C=C)c1. The fourth-order valence-corrected chi connectivity index (χ4v) is 2.09. The van der Waals surface area contributed by atoms with Crippen LogP contribution in [-0.2, 0) is 21.4 Å².